The van der Waals surface area contributed by atoms with Crippen LogP contribution >= 0.6 is 0 Å². The van der Waals surface area contributed by atoms with Crippen molar-refractivity contribution in [1.29, 1.82) is 0 Å². The SMILES string of the molecule is CC(C)(C)c1ccc(N2C(=O)N(Cc3ccnc(Nc4cncnc4)n3)C(C)(C)C2=O)cc1. The van der Waals surface area contributed by atoms with E-state index < -0.39 is 5.54 Å². The molecule has 1 aromatic carbocycles. The molecule has 0 atom stereocenters. The van der Waals surface area contributed by atoms with E-state index in [0.717, 1.165) is 5.56 Å². The topological polar surface area (TPSA) is 104 Å². The number of carbonyl (C=O) groups excluding carboxylic acids is 2. The van der Waals surface area contributed by atoms with Gasteiger partial charge in [-0.05, 0) is 43.0 Å². The van der Waals surface area contributed by atoms with Crippen LogP contribution in [0.2, 0.25) is 0 Å². The summed E-state index contributed by atoms with van der Waals surface area (Å²) in [5, 5.41) is 3.03. The van der Waals surface area contributed by atoms with Gasteiger partial charge in [-0.1, -0.05) is 32.9 Å². The number of rotatable bonds is 5. The van der Waals surface area contributed by atoms with Crippen molar-refractivity contribution in [3.63, 3.8) is 0 Å². The van der Waals surface area contributed by atoms with Crippen LogP contribution < -0.4 is 10.2 Å². The average Bonchev–Trinajstić information content (AvgIpc) is 2.94. The Morgan fingerprint density at radius 2 is 1.67 bits per heavy atom. The van der Waals surface area contributed by atoms with E-state index in [1.54, 1.807) is 38.5 Å². The highest BCUT2D eigenvalue weighted by Crippen LogP contribution is 2.34. The van der Waals surface area contributed by atoms with E-state index in [1.807, 2.05) is 24.3 Å². The summed E-state index contributed by atoms with van der Waals surface area (Å²) in [6.07, 6.45) is 6.25. The lowest BCUT2D eigenvalue weighted by molar-refractivity contribution is -0.123. The zero-order valence-corrected chi connectivity index (χ0v) is 19.4. The minimum atomic E-state index is -1.02. The van der Waals surface area contributed by atoms with E-state index >= 15 is 0 Å². The van der Waals surface area contributed by atoms with E-state index in [2.05, 4.69) is 46.0 Å². The Hall–Kier alpha value is -3.88. The molecule has 1 fully saturated rings. The summed E-state index contributed by atoms with van der Waals surface area (Å²) in [6.45, 7) is 10.0. The van der Waals surface area contributed by atoms with Crippen molar-refractivity contribution in [2.24, 2.45) is 0 Å². The van der Waals surface area contributed by atoms with E-state index in [0.29, 0.717) is 23.0 Å². The van der Waals surface area contributed by atoms with Crippen LogP contribution in [0.3, 0.4) is 0 Å². The molecular formula is C24H27N7O2. The van der Waals surface area contributed by atoms with Gasteiger partial charge in [-0.25, -0.2) is 29.6 Å². The number of carbonyl (C=O) groups is 2. The van der Waals surface area contributed by atoms with Gasteiger partial charge < -0.3 is 10.2 Å². The highest BCUT2D eigenvalue weighted by atomic mass is 16.2. The first kappa shape index (κ1) is 22.3. The lowest BCUT2D eigenvalue weighted by atomic mass is 9.87. The molecule has 4 rings (SSSR count). The molecule has 33 heavy (non-hydrogen) atoms. The van der Waals surface area contributed by atoms with Crippen LogP contribution in [-0.2, 0) is 16.8 Å². The molecule has 2 aromatic heterocycles. The molecule has 1 N–H and O–H groups in total. The number of nitrogens with zero attached hydrogens (tertiary/aromatic N) is 6. The molecule has 0 aliphatic carbocycles. The molecule has 1 aliphatic rings. The number of aromatic nitrogens is 4. The van der Waals surface area contributed by atoms with E-state index in [9.17, 15) is 9.59 Å². The van der Waals surface area contributed by atoms with Crippen LogP contribution in [0.15, 0.2) is 55.2 Å². The van der Waals surface area contributed by atoms with Gasteiger partial charge in [0.1, 0.15) is 11.9 Å². The Morgan fingerprint density at radius 1 is 1.00 bits per heavy atom. The van der Waals surface area contributed by atoms with Gasteiger partial charge in [0.05, 0.1) is 36.0 Å². The normalized spacial score (nSPS) is 15.8. The molecule has 3 amide bonds. The van der Waals surface area contributed by atoms with Crippen LogP contribution in [-0.4, -0.2) is 42.3 Å². The molecule has 0 bridgehead atoms. The lowest BCUT2D eigenvalue weighted by Crippen LogP contribution is -2.43. The number of benzene rings is 1. The summed E-state index contributed by atoms with van der Waals surface area (Å²) in [4.78, 5) is 46.0. The van der Waals surface area contributed by atoms with Gasteiger partial charge in [-0.3, -0.25) is 4.79 Å². The summed E-state index contributed by atoms with van der Waals surface area (Å²) in [5.74, 6) is 0.0811. The summed E-state index contributed by atoms with van der Waals surface area (Å²) in [6, 6.07) is 8.91. The molecule has 9 nitrogen and oxygen atoms in total. The fourth-order valence-electron chi connectivity index (χ4n) is 3.64. The van der Waals surface area contributed by atoms with Crippen LogP contribution in [0.25, 0.3) is 0 Å². The van der Waals surface area contributed by atoms with Crippen LogP contribution in [0, 0.1) is 0 Å². The van der Waals surface area contributed by atoms with Gasteiger partial charge in [-0.2, -0.15) is 0 Å². The third-order valence-corrected chi connectivity index (χ3v) is 5.67. The third-order valence-electron chi connectivity index (χ3n) is 5.67. The number of imide groups is 1. The number of amides is 3. The number of nitrogens with one attached hydrogen (secondary N) is 1. The Balaban J connectivity index is 1.57. The summed E-state index contributed by atoms with van der Waals surface area (Å²) in [5.41, 5.74) is 1.89. The van der Waals surface area contributed by atoms with Crippen LogP contribution in [0.1, 0.15) is 45.9 Å². The number of urea groups is 1. The van der Waals surface area contributed by atoms with Crippen molar-refractivity contribution >= 4 is 29.3 Å². The molecule has 0 saturated carbocycles. The first-order chi connectivity index (χ1) is 15.6. The quantitative estimate of drug-likeness (QED) is 0.591. The predicted molar refractivity (Wildman–Crippen MR) is 125 cm³/mol. The summed E-state index contributed by atoms with van der Waals surface area (Å²) in [7, 11) is 0. The Labute approximate surface area is 192 Å². The van der Waals surface area contributed by atoms with Gasteiger partial charge >= 0.3 is 6.03 Å². The van der Waals surface area contributed by atoms with E-state index in [-0.39, 0.29) is 23.9 Å². The van der Waals surface area contributed by atoms with Gasteiger partial charge in [0.2, 0.25) is 5.95 Å². The smallest absolute Gasteiger partial charge is 0.322 e. The molecule has 1 saturated heterocycles. The Bertz CT molecular complexity index is 1170. The van der Waals surface area contributed by atoms with Crippen molar-refractivity contribution in [1.82, 2.24) is 24.8 Å². The number of hydrogen-bond donors (Lipinski definition) is 1. The van der Waals surface area contributed by atoms with Crippen molar-refractivity contribution < 1.29 is 9.59 Å². The zero-order valence-electron chi connectivity index (χ0n) is 19.4. The monoisotopic (exact) mass is 445 g/mol. The molecule has 0 radical (unpaired) electrons. The van der Waals surface area contributed by atoms with E-state index in [4.69, 9.17) is 0 Å². The summed E-state index contributed by atoms with van der Waals surface area (Å²) < 4.78 is 0. The molecule has 0 unspecified atom stereocenters. The molecule has 3 heterocycles. The minimum Gasteiger partial charge on any atom is -0.322 e. The second kappa shape index (κ2) is 8.23. The number of anilines is 3. The molecular weight excluding hydrogens is 418 g/mol. The highest BCUT2D eigenvalue weighted by molar-refractivity contribution is 6.22. The minimum absolute atomic E-state index is 0.0203. The van der Waals surface area contributed by atoms with Gasteiger partial charge in [0.25, 0.3) is 5.91 Å². The second-order valence-corrected chi connectivity index (χ2v) is 9.49. The van der Waals surface area contributed by atoms with E-state index in [1.165, 1.54) is 16.1 Å². The maximum Gasteiger partial charge on any atom is 0.332 e. The van der Waals surface area contributed by atoms with Crippen molar-refractivity contribution in [2.45, 2.75) is 52.1 Å². The standard InChI is InChI=1S/C24H27N7O2/c1-23(2,3)16-6-8-19(9-7-16)31-20(32)24(4,5)30(22(31)33)14-17-10-11-27-21(28-17)29-18-12-25-15-26-13-18/h6-13,15H,14H2,1-5H3,(H,27,28,29). The van der Waals surface area contributed by atoms with Crippen LogP contribution in [0.5, 0.6) is 0 Å². The van der Waals surface area contributed by atoms with Crippen molar-refractivity contribution in [3.8, 4) is 0 Å². The molecule has 0 spiro atoms. The molecule has 9 heteroatoms. The lowest BCUT2D eigenvalue weighted by Gasteiger charge is -2.27. The molecule has 1 aliphatic heterocycles. The second-order valence-electron chi connectivity index (χ2n) is 9.49. The van der Waals surface area contributed by atoms with Gasteiger partial charge in [0, 0.05) is 6.20 Å². The summed E-state index contributed by atoms with van der Waals surface area (Å²) >= 11 is 0. The van der Waals surface area contributed by atoms with Crippen molar-refractivity contribution in [3.05, 3.63) is 66.5 Å². The van der Waals surface area contributed by atoms with Gasteiger partial charge in [0.15, 0.2) is 0 Å². The highest BCUT2D eigenvalue weighted by Gasteiger charge is 2.51. The molecule has 170 valence electrons. The Kier molecular flexibility index (Phi) is 5.57. The zero-order chi connectivity index (χ0) is 23.8. The van der Waals surface area contributed by atoms with Crippen molar-refractivity contribution in [2.75, 3.05) is 10.2 Å². The maximum atomic E-state index is 13.3. The first-order valence-electron chi connectivity index (χ1n) is 10.7. The molecule has 3 aromatic rings. The maximum absolute atomic E-state index is 13.3. The van der Waals surface area contributed by atoms with Crippen LogP contribution in [0.4, 0.5) is 22.1 Å². The largest absolute Gasteiger partial charge is 0.332 e. The average molecular weight is 446 g/mol. The number of hydrogen-bond acceptors (Lipinski definition) is 7. The fourth-order valence-corrected chi connectivity index (χ4v) is 3.64. The third kappa shape index (κ3) is 4.39. The predicted octanol–water partition coefficient (Wildman–Crippen LogP) is 4.06. The Morgan fingerprint density at radius 3 is 2.30 bits per heavy atom. The fraction of sp³-hybridized carbons (Fsp3) is 0.333. The first-order valence-corrected chi connectivity index (χ1v) is 10.7. The van der Waals surface area contributed by atoms with Gasteiger partial charge in [-0.15, -0.1) is 0 Å².